The molecule has 4 heterocycles. The van der Waals surface area contributed by atoms with Crippen molar-refractivity contribution in [3.8, 4) is 5.75 Å². The zero-order valence-corrected chi connectivity index (χ0v) is 23.7. The van der Waals surface area contributed by atoms with Gasteiger partial charge in [0.25, 0.3) is 5.91 Å². The zero-order valence-electron chi connectivity index (χ0n) is 22.9. The van der Waals surface area contributed by atoms with Gasteiger partial charge in [0.1, 0.15) is 17.4 Å². The molecule has 1 spiro atoms. The molecule has 214 valence electrons. The van der Waals surface area contributed by atoms with Gasteiger partial charge in [0.2, 0.25) is 11.8 Å². The van der Waals surface area contributed by atoms with Crippen LogP contribution in [-0.2, 0) is 19.1 Å². The number of likely N-dealkylation sites (tertiary alicyclic amines) is 1. The van der Waals surface area contributed by atoms with Gasteiger partial charge in [-0.25, -0.2) is 0 Å². The molecular formula is C31H32ClN3O6. The first-order valence-corrected chi connectivity index (χ1v) is 14.2. The van der Waals surface area contributed by atoms with Gasteiger partial charge in [-0.2, -0.15) is 0 Å². The minimum Gasteiger partial charge on any atom is -0.494 e. The lowest BCUT2D eigenvalue weighted by molar-refractivity contribution is -0.144. The van der Waals surface area contributed by atoms with Crippen LogP contribution < -0.4 is 14.5 Å². The summed E-state index contributed by atoms with van der Waals surface area (Å²) in [6.45, 7) is 4.33. The second kappa shape index (κ2) is 10.3. The summed E-state index contributed by atoms with van der Waals surface area (Å²) < 4.78 is 12.4. The molecule has 4 aliphatic heterocycles. The molecule has 0 bridgehead atoms. The maximum atomic E-state index is 14.4. The van der Waals surface area contributed by atoms with Crippen LogP contribution in [0, 0.1) is 11.8 Å². The SMILES string of the molecule is CCOc1ccc(N2CC=C[C@]3(C)O[C@]45C=CCN(c6ccccc6Cl)C(=O)C4N(CCO)C(=O)[C@@H]5[C@@H]3C2=O)cc1. The molecule has 4 aliphatic rings. The standard InChI is InChI=1S/C31H32ClN3O6/c1-3-40-21-12-10-20(11-13-21)33-16-6-14-30(2)24(27(33)37)25-28(38)35(18-19-36)26-29(39)34(17-7-15-31(25,26)41-30)23-9-5-4-8-22(23)32/h4-15,24-26,36H,3,16-19H2,1-2H3/t24-,25+,26?,30+,31+/m1/s1. The van der Waals surface area contributed by atoms with Crippen LogP contribution in [0.2, 0.25) is 5.02 Å². The number of hydrogen-bond acceptors (Lipinski definition) is 6. The molecule has 41 heavy (non-hydrogen) atoms. The first kappa shape index (κ1) is 27.5. The third-order valence-electron chi connectivity index (χ3n) is 8.50. The first-order valence-electron chi connectivity index (χ1n) is 13.8. The molecule has 1 unspecified atom stereocenters. The fourth-order valence-electron chi connectivity index (χ4n) is 6.88. The van der Waals surface area contributed by atoms with E-state index in [1.807, 2.05) is 43.3 Å². The van der Waals surface area contributed by atoms with E-state index in [1.165, 1.54) is 9.80 Å². The van der Waals surface area contributed by atoms with Crippen molar-refractivity contribution in [1.82, 2.24) is 4.90 Å². The summed E-state index contributed by atoms with van der Waals surface area (Å²) >= 11 is 6.48. The molecule has 2 aromatic carbocycles. The predicted octanol–water partition coefficient (Wildman–Crippen LogP) is 3.21. The number of nitrogens with zero attached hydrogens (tertiary/aromatic N) is 3. The molecule has 6 rings (SSSR count). The van der Waals surface area contributed by atoms with Gasteiger partial charge in [-0.3, -0.25) is 14.4 Å². The number of fused-ring (bicyclic) bond motifs is 2. The molecule has 3 amide bonds. The number of carbonyl (C=O) groups is 3. The fourth-order valence-corrected chi connectivity index (χ4v) is 7.11. The summed E-state index contributed by atoms with van der Waals surface area (Å²) in [7, 11) is 0. The highest BCUT2D eigenvalue weighted by molar-refractivity contribution is 6.34. The monoisotopic (exact) mass is 577 g/mol. The number of para-hydroxylation sites is 1. The van der Waals surface area contributed by atoms with Gasteiger partial charge < -0.3 is 29.3 Å². The number of halogens is 1. The number of aliphatic hydroxyl groups excluding tert-OH is 1. The summed E-state index contributed by atoms with van der Waals surface area (Å²) in [4.78, 5) is 47.5. The Hall–Kier alpha value is -3.66. The second-order valence-electron chi connectivity index (χ2n) is 10.8. The van der Waals surface area contributed by atoms with Crippen LogP contribution in [0.4, 0.5) is 11.4 Å². The van der Waals surface area contributed by atoms with E-state index in [2.05, 4.69) is 0 Å². The van der Waals surface area contributed by atoms with Crippen LogP contribution in [-0.4, -0.2) is 77.8 Å². The molecule has 2 fully saturated rings. The van der Waals surface area contributed by atoms with Crippen LogP contribution in [0.25, 0.3) is 0 Å². The van der Waals surface area contributed by atoms with E-state index in [1.54, 1.807) is 48.2 Å². The van der Waals surface area contributed by atoms with E-state index >= 15 is 0 Å². The van der Waals surface area contributed by atoms with Crippen LogP contribution in [0.3, 0.4) is 0 Å². The van der Waals surface area contributed by atoms with E-state index < -0.39 is 35.0 Å². The average molecular weight is 578 g/mol. The molecular weight excluding hydrogens is 546 g/mol. The number of carbonyl (C=O) groups excluding carboxylic acids is 3. The number of ether oxygens (including phenoxy) is 2. The highest BCUT2D eigenvalue weighted by Crippen LogP contribution is 2.57. The van der Waals surface area contributed by atoms with Crippen molar-refractivity contribution in [2.45, 2.75) is 31.1 Å². The van der Waals surface area contributed by atoms with Gasteiger partial charge in [0.05, 0.1) is 41.4 Å². The van der Waals surface area contributed by atoms with E-state index in [9.17, 15) is 19.5 Å². The molecule has 0 saturated carbocycles. The average Bonchev–Trinajstić information content (AvgIpc) is 3.21. The number of rotatable bonds is 6. The number of β-amino-alcohol motifs (C(OH)–C–C–N with tert-alkyl or cyclic N) is 1. The lowest BCUT2D eigenvalue weighted by Crippen LogP contribution is -2.56. The summed E-state index contributed by atoms with van der Waals surface area (Å²) in [6, 6.07) is 13.2. The number of benzene rings is 2. The maximum Gasteiger partial charge on any atom is 0.253 e. The Morgan fingerprint density at radius 3 is 2.37 bits per heavy atom. The molecule has 1 N–H and O–H groups in total. The largest absolute Gasteiger partial charge is 0.494 e. The van der Waals surface area contributed by atoms with E-state index in [4.69, 9.17) is 21.1 Å². The summed E-state index contributed by atoms with van der Waals surface area (Å²) in [6.07, 6.45) is 7.29. The number of hydrogen-bond donors (Lipinski definition) is 1. The van der Waals surface area contributed by atoms with Crippen molar-refractivity contribution in [1.29, 1.82) is 0 Å². The highest BCUT2D eigenvalue weighted by Gasteiger charge is 2.74. The van der Waals surface area contributed by atoms with Crippen molar-refractivity contribution < 1.29 is 29.0 Å². The highest BCUT2D eigenvalue weighted by atomic mass is 35.5. The number of aliphatic hydroxyl groups is 1. The Morgan fingerprint density at radius 1 is 0.951 bits per heavy atom. The lowest BCUT2D eigenvalue weighted by atomic mass is 9.74. The molecule has 10 heteroatoms. The summed E-state index contributed by atoms with van der Waals surface area (Å²) in [5.74, 6) is -2.23. The summed E-state index contributed by atoms with van der Waals surface area (Å²) in [5.41, 5.74) is -1.39. The Labute approximate surface area is 243 Å². The van der Waals surface area contributed by atoms with Crippen LogP contribution in [0.5, 0.6) is 5.75 Å². The van der Waals surface area contributed by atoms with Crippen LogP contribution in [0.15, 0.2) is 72.8 Å². The van der Waals surface area contributed by atoms with Crippen LogP contribution >= 0.6 is 11.6 Å². The minimum absolute atomic E-state index is 0.0723. The van der Waals surface area contributed by atoms with Gasteiger partial charge in [-0.1, -0.05) is 48.0 Å². The van der Waals surface area contributed by atoms with Crippen LogP contribution in [0.1, 0.15) is 13.8 Å². The summed E-state index contributed by atoms with van der Waals surface area (Å²) in [5, 5.41) is 10.3. The molecule has 0 aromatic heterocycles. The van der Waals surface area contributed by atoms with Gasteiger partial charge >= 0.3 is 0 Å². The zero-order chi connectivity index (χ0) is 28.9. The van der Waals surface area contributed by atoms with Crippen molar-refractivity contribution in [2.75, 3.05) is 42.6 Å². The smallest absolute Gasteiger partial charge is 0.253 e. The van der Waals surface area contributed by atoms with Gasteiger partial charge in [0, 0.05) is 25.3 Å². The van der Waals surface area contributed by atoms with E-state index in [0.29, 0.717) is 35.3 Å². The minimum atomic E-state index is -1.42. The molecule has 2 aromatic rings. The third-order valence-corrected chi connectivity index (χ3v) is 8.82. The fraction of sp³-hybridized carbons (Fsp3) is 0.387. The van der Waals surface area contributed by atoms with E-state index in [0.717, 1.165) is 0 Å². The molecule has 2 saturated heterocycles. The molecule has 9 nitrogen and oxygen atoms in total. The number of anilines is 2. The Morgan fingerprint density at radius 2 is 1.66 bits per heavy atom. The molecule has 5 atom stereocenters. The lowest BCUT2D eigenvalue weighted by Gasteiger charge is -2.37. The predicted molar refractivity (Wildman–Crippen MR) is 154 cm³/mol. The van der Waals surface area contributed by atoms with Crippen molar-refractivity contribution in [3.63, 3.8) is 0 Å². The number of amides is 3. The molecule has 0 radical (unpaired) electrons. The quantitative estimate of drug-likeness (QED) is 0.529. The third kappa shape index (κ3) is 4.17. The van der Waals surface area contributed by atoms with E-state index in [-0.39, 0.29) is 31.5 Å². The van der Waals surface area contributed by atoms with Crippen molar-refractivity contribution in [3.05, 3.63) is 77.9 Å². The Balaban J connectivity index is 1.43. The Kier molecular flexibility index (Phi) is 6.92. The van der Waals surface area contributed by atoms with Crippen molar-refractivity contribution in [2.24, 2.45) is 11.8 Å². The first-order chi connectivity index (χ1) is 19.8. The van der Waals surface area contributed by atoms with Gasteiger partial charge in [-0.15, -0.1) is 0 Å². The topological polar surface area (TPSA) is 99.6 Å². The normalized spacial score (nSPS) is 30.7. The second-order valence-corrected chi connectivity index (χ2v) is 11.2. The Bertz CT molecular complexity index is 1440. The van der Waals surface area contributed by atoms with Gasteiger partial charge in [0.15, 0.2) is 0 Å². The molecule has 0 aliphatic carbocycles. The maximum absolute atomic E-state index is 14.4. The van der Waals surface area contributed by atoms with Gasteiger partial charge in [-0.05, 0) is 50.2 Å². The van der Waals surface area contributed by atoms with Crippen molar-refractivity contribution >= 4 is 40.7 Å².